The second kappa shape index (κ2) is 7.39. The molecule has 4 rings (SSSR count). The first-order chi connectivity index (χ1) is 12.8. The third-order valence-electron chi connectivity index (χ3n) is 4.68. The summed E-state index contributed by atoms with van der Waals surface area (Å²) in [7, 11) is 0. The smallest absolute Gasteiger partial charge is 0.317 e. The van der Waals surface area contributed by atoms with E-state index in [1.807, 2.05) is 53.4 Å². The molecule has 1 aliphatic heterocycles. The van der Waals surface area contributed by atoms with Crippen LogP contribution in [0.25, 0.3) is 11.4 Å². The van der Waals surface area contributed by atoms with Crippen molar-refractivity contribution in [2.24, 2.45) is 0 Å². The van der Waals surface area contributed by atoms with Gasteiger partial charge in [-0.05, 0) is 12.0 Å². The van der Waals surface area contributed by atoms with Gasteiger partial charge in [0.2, 0.25) is 0 Å². The Balaban J connectivity index is 1.29. The summed E-state index contributed by atoms with van der Waals surface area (Å²) < 4.78 is 2.06. The molecule has 0 aliphatic carbocycles. The third kappa shape index (κ3) is 3.44. The fourth-order valence-electron chi connectivity index (χ4n) is 3.17. The highest BCUT2D eigenvalue weighted by atomic mass is 16.2. The first-order valence-corrected chi connectivity index (χ1v) is 8.83. The molecule has 132 valence electrons. The molecule has 26 heavy (non-hydrogen) atoms. The summed E-state index contributed by atoms with van der Waals surface area (Å²) in [6.07, 6.45) is 2.59. The van der Waals surface area contributed by atoms with E-state index in [0.29, 0.717) is 19.6 Å². The average Bonchev–Trinajstić information content (AvgIpc) is 3.11. The number of aromatic nitrogens is 3. The van der Waals surface area contributed by atoms with Gasteiger partial charge in [0.25, 0.3) is 0 Å². The predicted octanol–water partition coefficient (Wildman–Crippen LogP) is 2.75. The quantitative estimate of drug-likeness (QED) is 0.772. The molecule has 0 spiro atoms. The van der Waals surface area contributed by atoms with Crippen molar-refractivity contribution in [3.8, 4) is 11.4 Å². The number of nitrogens with zero attached hydrogens (tertiary/aromatic N) is 4. The van der Waals surface area contributed by atoms with Gasteiger partial charge in [-0.25, -0.2) is 4.79 Å². The molecule has 0 atom stereocenters. The van der Waals surface area contributed by atoms with Crippen LogP contribution >= 0.6 is 0 Å². The van der Waals surface area contributed by atoms with Gasteiger partial charge in [-0.1, -0.05) is 60.7 Å². The Bertz CT molecular complexity index is 856. The zero-order chi connectivity index (χ0) is 17.8. The van der Waals surface area contributed by atoms with Gasteiger partial charge < -0.3 is 14.8 Å². The molecule has 0 saturated carbocycles. The summed E-state index contributed by atoms with van der Waals surface area (Å²) in [5, 5.41) is 11.3. The van der Waals surface area contributed by atoms with Crippen LogP contribution in [0.2, 0.25) is 0 Å². The van der Waals surface area contributed by atoms with Crippen LogP contribution in [0, 0.1) is 0 Å². The van der Waals surface area contributed by atoms with Crippen molar-refractivity contribution in [2.75, 3.05) is 19.6 Å². The summed E-state index contributed by atoms with van der Waals surface area (Å²) in [5.41, 5.74) is 2.27. The Morgan fingerprint density at radius 2 is 1.73 bits per heavy atom. The molecule has 1 aliphatic rings. The maximum atomic E-state index is 12.3. The Morgan fingerprint density at radius 3 is 2.46 bits per heavy atom. The molecule has 1 aromatic heterocycles. The number of hydrogen-bond donors (Lipinski definition) is 1. The van der Waals surface area contributed by atoms with E-state index in [1.54, 1.807) is 6.33 Å². The van der Waals surface area contributed by atoms with Crippen LogP contribution in [0.4, 0.5) is 4.79 Å². The number of amides is 2. The first kappa shape index (κ1) is 16.3. The average molecular weight is 347 g/mol. The van der Waals surface area contributed by atoms with E-state index in [9.17, 15) is 4.79 Å². The lowest BCUT2D eigenvalue weighted by Crippen LogP contribution is -2.54. The summed E-state index contributed by atoms with van der Waals surface area (Å²) in [4.78, 5) is 14.1. The number of hydrogen-bond acceptors (Lipinski definition) is 3. The molecule has 0 unspecified atom stereocenters. The Labute approximate surface area is 152 Å². The number of nitrogens with one attached hydrogen (secondary N) is 1. The van der Waals surface area contributed by atoms with E-state index in [0.717, 1.165) is 17.8 Å². The molecule has 1 saturated heterocycles. The molecule has 1 fully saturated rings. The standard InChI is InChI=1S/C20H21N5O/c26-20(21-12-11-16-7-3-1-4-8-16)24-13-18(14-24)25-15-22-23-19(25)17-9-5-2-6-10-17/h1-10,15,18H,11-14H2,(H,21,26). The highest BCUT2D eigenvalue weighted by Gasteiger charge is 2.33. The molecule has 0 bridgehead atoms. The van der Waals surface area contributed by atoms with Crippen LogP contribution in [0.3, 0.4) is 0 Å². The molecule has 2 aromatic carbocycles. The summed E-state index contributed by atoms with van der Waals surface area (Å²) in [6, 6.07) is 20.4. The molecule has 3 aromatic rings. The summed E-state index contributed by atoms with van der Waals surface area (Å²) in [6.45, 7) is 2.00. The largest absolute Gasteiger partial charge is 0.338 e. The highest BCUT2D eigenvalue weighted by molar-refractivity contribution is 5.75. The molecule has 2 heterocycles. The monoisotopic (exact) mass is 347 g/mol. The minimum absolute atomic E-state index is 0.00785. The van der Waals surface area contributed by atoms with Crippen LogP contribution in [-0.4, -0.2) is 45.3 Å². The van der Waals surface area contributed by atoms with Crippen LogP contribution in [-0.2, 0) is 6.42 Å². The summed E-state index contributed by atoms with van der Waals surface area (Å²) in [5.74, 6) is 0.847. The number of benzene rings is 2. The topological polar surface area (TPSA) is 63.1 Å². The highest BCUT2D eigenvalue weighted by Crippen LogP contribution is 2.26. The van der Waals surface area contributed by atoms with Gasteiger partial charge in [-0.2, -0.15) is 0 Å². The number of urea groups is 1. The Morgan fingerprint density at radius 1 is 1.04 bits per heavy atom. The van der Waals surface area contributed by atoms with Crippen molar-refractivity contribution >= 4 is 6.03 Å². The minimum Gasteiger partial charge on any atom is -0.338 e. The molecular formula is C20H21N5O. The van der Waals surface area contributed by atoms with Gasteiger partial charge in [0.05, 0.1) is 6.04 Å². The fourth-order valence-corrected chi connectivity index (χ4v) is 3.17. The Kier molecular flexibility index (Phi) is 4.64. The van der Waals surface area contributed by atoms with Crippen molar-refractivity contribution in [2.45, 2.75) is 12.5 Å². The van der Waals surface area contributed by atoms with Crippen molar-refractivity contribution in [1.29, 1.82) is 0 Å². The van der Waals surface area contributed by atoms with Crippen LogP contribution in [0.1, 0.15) is 11.6 Å². The third-order valence-corrected chi connectivity index (χ3v) is 4.68. The number of likely N-dealkylation sites (tertiary alicyclic amines) is 1. The Hall–Kier alpha value is -3.15. The molecule has 6 heteroatoms. The van der Waals surface area contributed by atoms with Gasteiger partial charge in [0, 0.05) is 25.2 Å². The van der Waals surface area contributed by atoms with E-state index in [1.165, 1.54) is 5.56 Å². The zero-order valence-corrected chi connectivity index (χ0v) is 14.5. The minimum atomic E-state index is -0.00785. The number of rotatable bonds is 5. The normalized spacial score (nSPS) is 14.1. The number of carbonyl (C=O) groups is 1. The molecule has 2 amide bonds. The van der Waals surface area contributed by atoms with Gasteiger partial charge in [0.1, 0.15) is 6.33 Å². The lowest BCUT2D eigenvalue weighted by atomic mass is 10.1. The van der Waals surface area contributed by atoms with Gasteiger partial charge in [-0.3, -0.25) is 0 Å². The fraction of sp³-hybridized carbons (Fsp3) is 0.250. The van der Waals surface area contributed by atoms with E-state index >= 15 is 0 Å². The second-order valence-electron chi connectivity index (χ2n) is 6.45. The second-order valence-corrected chi connectivity index (χ2v) is 6.45. The van der Waals surface area contributed by atoms with E-state index < -0.39 is 0 Å². The SMILES string of the molecule is O=C(NCCc1ccccc1)N1CC(n2cnnc2-c2ccccc2)C1. The van der Waals surface area contributed by atoms with Crippen molar-refractivity contribution < 1.29 is 4.79 Å². The first-order valence-electron chi connectivity index (χ1n) is 8.83. The zero-order valence-electron chi connectivity index (χ0n) is 14.5. The molecule has 6 nitrogen and oxygen atoms in total. The van der Waals surface area contributed by atoms with E-state index in [-0.39, 0.29) is 12.1 Å². The van der Waals surface area contributed by atoms with Crippen LogP contribution in [0.15, 0.2) is 67.0 Å². The lowest BCUT2D eigenvalue weighted by Gasteiger charge is -2.40. The molecule has 0 radical (unpaired) electrons. The van der Waals surface area contributed by atoms with Crippen LogP contribution in [0.5, 0.6) is 0 Å². The van der Waals surface area contributed by atoms with Crippen molar-refractivity contribution in [3.63, 3.8) is 0 Å². The van der Waals surface area contributed by atoms with Gasteiger partial charge in [0.15, 0.2) is 5.82 Å². The lowest BCUT2D eigenvalue weighted by molar-refractivity contribution is 0.125. The summed E-state index contributed by atoms with van der Waals surface area (Å²) >= 11 is 0. The molecule has 1 N–H and O–H groups in total. The maximum Gasteiger partial charge on any atom is 0.317 e. The van der Waals surface area contributed by atoms with Crippen molar-refractivity contribution in [3.05, 3.63) is 72.6 Å². The van der Waals surface area contributed by atoms with E-state index in [4.69, 9.17) is 0 Å². The van der Waals surface area contributed by atoms with Crippen molar-refractivity contribution in [1.82, 2.24) is 25.0 Å². The molecular weight excluding hydrogens is 326 g/mol. The van der Waals surface area contributed by atoms with E-state index in [2.05, 4.69) is 32.2 Å². The maximum absolute atomic E-state index is 12.3. The van der Waals surface area contributed by atoms with Gasteiger partial charge in [-0.15, -0.1) is 10.2 Å². The van der Waals surface area contributed by atoms with Crippen LogP contribution < -0.4 is 5.32 Å². The van der Waals surface area contributed by atoms with Gasteiger partial charge >= 0.3 is 6.03 Å². The number of carbonyl (C=O) groups excluding carboxylic acids is 1. The predicted molar refractivity (Wildman–Crippen MR) is 99.6 cm³/mol.